The molecule has 3 N–H and O–H groups in total. The van der Waals surface area contributed by atoms with Crippen molar-refractivity contribution in [1.29, 1.82) is 5.41 Å². The van der Waals surface area contributed by atoms with Crippen LogP contribution in [0.5, 0.6) is 0 Å². The molecule has 3 amide bonds. The number of hydrogen-bond acceptors (Lipinski definition) is 3. The number of rotatable bonds is 10. The van der Waals surface area contributed by atoms with E-state index in [0.29, 0.717) is 43.1 Å². The second kappa shape index (κ2) is 18.1. The number of benzene rings is 1. The van der Waals surface area contributed by atoms with Crippen LogP contribution in [0.3, 0.4) is 0 Å². The van der Waals surface area contributed by atoms with Crippen LogP contribution in [-0.2, 0) is 11.2 Å². The number of nitrogens with two attached hydrogens (primary N) is 1. The second-order valence-corrected chi connectivity index (χ2v) is 12.4. The molecule has 2 heterocycles. The molecule has 2 saturated heterocycles. The summed E-state index contributed by atoms with van der Waals surface area (Å²) in [5.41, 5.74) is 9.60. The highest BCUT2D eigenvalue weighted by Crippen LogP contribution is 2.42. The zero-order valence-corrected chi connectivity index (χ0v) is 27.5. The van der Waals surface area contributed by atoms with E-state index < -0.39 is 0 Å². The fourth-order valence-electron chi connectivity index (χ4n) is 5.95. The summed E-state index contributed by atoms with van der Waals surface area (Å²) >= 11 is 15.2. The van der Waals surface area contributed by atoms with Crippen LogP contribution < -0.4 is 5.73 Å². The van der Waals surface area contributed by atoms with Gasteiger partial charge in [-0.05, 0) is 80.0 Å². The van der Waals surface area contributed by atoms with E-state index in [1.54, 1.807) is 4.90 Å². The van der Waals surface area contributed by atoms with Crippen molar-refractivity contribution in [2.45, 2.75) is 84.5 Å². The predicted molar refractivity (Wildman–Crippen MR) is 172 cm³/mol. The molecule has 0 bridgehead atoms. The number of alkyl halides is 1. The molecule has 0 aromatic heterocycles. The number of aryl methyl sites for hydroxylation is 1. The maximum atomic E-state index is 13.1. The summed E-state index contributed by atoms with van der Waals surface area (Å²) in [5, 5.41) is 6.97. The highest BCUT2D eigenvalue weighted by Gasteiger charge is 2.32. The van der Waals surface area contributed by atoms with Crippen molar-refractivity contribution in [2.75, 3.05) is 32.1 Å². The number of piperidine rings is 2. The summed E-state index contributed by atoms with van der Waals surface area (Å²) < 4.78 is 1.10. The number of carbonyl (C=O) groups excluding carboxylic acids is 2. The normalized spacial score (nSPS) is 17.7. The van der Waals surface area contributed by atoms with E-state index in [2.05, 4.69) is 53.7 Å². The zero-order valence-electron chi connectivity index (χ0n) is 24.4. The lowest BCUT2D eigenvalue weighted by atomic mass is 9.76. The Morgan fingerprint density at radius 1 is 1.10 bits per heavy atom. The van der Waals surface area contributed by atoms with Gasteiger partial charge in [0.2, 0.25) is 5.91 Å². The van der Waals surface area contributed by atoms with Crippen LogP contribution >= 0.6 is 39.1 Å². The molecule has 3 rings (SSSR count). The lowest BCUT2D eigenvalue weighted by Crippen LogP contribution is -2.44. The molecular formula is C31H47BrCl2N4O2. The van der Waals surface area contributed by atoms with Gasteiger partial charge in [0.1, 0.15) is 0 Å². The summed E-state index contributed by atoms with van der Waals surface area (Å²) in [5.74, 6) is 1.76. The van der Waals surface area contributed by atoms with Crippen LogP contribution in [-0.4, -0.2) is 60.0 Å². The molecule has 1 aromatic rings. The van der Waals surface area contributed by atoms with E-state index in [-0.39, 0.29) is 11.9 Å². The van der Waals surface area contributed by atoms with Crippen LogP contribution in [0, 0.1) is 17.2 Å². The van der Waals surface area contributed by atoms with Gasteiger partial charge in [-0.2, -0.15) is 0 Å². The third-order valence-electron chi connectivity index (χ3n) is 8.20. The molecule has 0 radical (unpaired) electrons. The Bertz CT molecular complexity index is 1000. The van der Waals surface area contributed by atoms with Crippen molar-refractivity contribution < 1.29 is 9.59 Å². The van der Waals surface area contributed by atoms with Gasteiger partial charge in [0, 0.05) is 54.2 Å². The summed E-state index contributed by atoms with van der Waals surface area (Å²) in [6.07, 6.45) is 12.3. The molecule has 2 aliphatic rings. The fourth-order valence-corrected chi connectivity index (χ4v) is 7.09. The molecule has 6 nitrogen and oxygen atoms in total. The van der Waals surface area contributed by atoms with Crippen LogP contribution in [0.1, 0.15) is 89.2 Å². The Morgan fingerprint density at radius 2 is 1.70 bits per heavy atom. The van der Waals surface area contributed by atoms with Crippen LogP contribution in [0.4, 0.5) is 4.79 Å². The summed E-state index contributed by atoms with van der Waals surface area (Å²) in [6, 6.07) is 3.80. The molecule has 40 heavy (non-hydrogen) atoms. The maximum absolute atomic E-state index is 13.1. The van der Waals surface area contributed by atoms with Crippen LogP contribution in [0.15, 0.2) is 28.3 Å². The topological polar surface area (TPSA) is 90.5 Å². The van der Waals surface area contributed by atoms with Crippen molar-refractivity contribution >= 4 is 57.3 Å². The fraction of sp³-hybridized carbons (Fsp3) is 0.645. The lowest BCUT2D eigenvalue weighted by Gasteiger charge is -2.38. The lowest BCUT2D eigenvalue weighted by molar-refractivity contribution is -0.134. The molecule has 2 fully saturated rings. The Labute approximate surface area is 259 Å². The Kier molecular flexibility index (Phi) is 15.6. The monoisotopic (exact) mass is 656 g/mol. The minimum atomic E-state index is -0.353. The summed E-state index contributed by atoms with van der Waals surface area (Å²) in [7, 11) is 0. The first-order valence-electron chi connectivity index (χ1n) is 14.7. The van der Waals surface area contributed by atoms with Gasteiger partial charge in [-0.1, -0.05) is 66.4 Å². The minimum absolute atomic E-state index is 0.264. The van der Waals surface area contributed by atoms with Gasteiger partial charge in [-0.15, -0.1) is 11.6 Å². The third kappa shape index (κ3) is 10.4. The number of allylic oxidation sites excluding steroid dienone is 2. The number of carbonyl (C=O) groups is 2. The highest BCUT2D eigenvalue weighted by molar-refractivity contribution is 9.10. The van der Waals surface area contributed by atoms with Crippen molar-refractivity contribution in [3.05, 3.63) is 44.4 Å². The van der Waals surface area contributed by atoms with Crippen molar-refractivity contribution in [3.8, 4) is 0 Å². The number of nitrogens with zero attached hydrogens (tertiary/aromatic N) is 2. The van der Waals surface area contributed by atoms with E-state index in [1.807, 2.05) is 6.07 Å². The molecule has 1 aromatic carbocycles. The highest BCUT2D eigenvalue weighted by atomic mass is 79.9. The largest absolute Gasteiger partial charge is 0.351 e. The number of likely N-dealkylation sites (tertiary alicyclic amines) is 2. The first-order chi connectivity index (χ1) is 19.2. The Balaban J connectivity index is 0.00000131. The third-order valence-corrected chi connectivity index (χ3v) is 9.23. The second-order valence-electron chi connectivity index (χ2n) is 10.8. The van der Waals surface area contributed by atoms with Crippen molar-refractivity contribution in [2.24, 2.45) is 17.6 Å². The first-order valence-corrected chi connectivity index (χ1v) is 16.4. The smallest absolute Gasteiger partial charge is 0.314 e. The summed E-state index contributed by atoms with van der Waals surface area (Å²) in [4.78, 5) is 28.2. The molecule has 9 heteroatoms. The molecule has 0 aliphatic carbocycles. The molecule has 0 saturated carbocycles. The Hall–Kier alpha value is -1.57. The maximum Gasteiger partial charge on any atom is 0.314 e. The quantitative estimate of drug-likeness (QED) is 0.151. The van der Waals surface area contributed by atoms with Gasteiger partial charge >= 0.3 is 6.03 Å². The van der Waals surface area contributed by atoms with Gasteiger partial charge in [-0.3, -0.25) is 4.79 Å². The molecular weight excluding hydrogens is 611 g/mol. The minimum Gasteiger partial charge on any atom is -0.351 e. The number of amides is 3. The number of hydrogen-bond donors (Lipinski definition) is 2. The number of primary amides is 1. The predicted octanol–water partition coefficient (Wildman–Crippen LogP) is 8.18. The first kappa shape index (κ1) is 34.6. The number of halogens is 3. The Morgan fingerprint density at radius 3 is 2.20 bits per heavy atom. The summed E-state index contributed by atoms with van der Waals surface area (Å²) in [6.45, 7) is 9.66. The molecule has 2 aliphatic heterocycles. The zero-order chi connectivity index (χ0) is 29.7. The molecule has 0 spiro atoms. The van der Waals surface area contributed by atoms with Crippen molar-refractivity contribution in [1.82, 2.24) is 9.80 Å². The molecule has 1 unspecified atom stereocenters. The van der Waals surface area contributed by atoms with Gasteiger partial charge < -0.3 is 20.9 Å². The number of nitrogens with one attached hydrogen (secondary N) is 1. The molecule has 224 valence electrons. The van der Waals surface area contributed by atoms with Crippen molar-refractivity contribution in [3.63, 3.8) is 0 Å². The average Bonchev–Trinajstić information content (AvgIpc) is 2.95. The standard InChI is InChI=1S/C29H43BrClN3O2.C2H4ClN/c1-4-7-20(5-2)16-25(28-22(6-3)18-24(31)19-26(28)30)23-10-14-33(15-11-23)27(35)17-21-8-12-34(13-9-21)29(32)36;3-1-2-4/h16,18-19,21,23,25H,4-15,17H2,1-3H3,(H2,32,36);2,4H,1H2/b20-16-;. The SMILES string of the molecule is CCC/C(=C\C(c1c(Br)cc(Cl)cc1CC)C1CCN(C(=O)CC2CCN(C(N)=O)CC2)CC1)CC.N=CCCl. The van der Waals surface area contributed by atoms with E-state index in [1.165, 1.54) is 16.7 Å². The van der Waals surface area contributed by atoms with E-state index in [9.17, 15) is 9.59 Å². The van der Waals surface area contributed by atoms with E-state index in [0.717, 1.165) is 80.2 Å². The van der Waals surface area contributed by atoms with E-state index >= 15 is 0 Å². The van der Waals surface area contributed by atoms with Gasteiger partial charge in [0.15, 0.2) is 0 Å². The van der Waals surface area contributed by atoms with Crippen LogP contribution in [0.2, 0.25) is 5.02 Å². The molecule has 1 atom stereocenters. The van der Waals surface area contributed by atoms with Crippen LogP contribution in [0.25, 0.3) is 0 Å². The van der Waals surface area contributed by atoms with Gasteiger partial charge in [-0.25, -0.2) is 4.79 Å². The van der Waals surface area contributed by atoms with Gasteiger partial charge in [0.25, 0.3) is 0 Å². The number of urea groups is 1. The van der Waals surface area contributed by atoms with E-state index in [4.69, 9.17) is 34.3 Å². The van der Waals surface area contributed by atoms with Gasteiger partial charge in [0.05, 0.1) is 5.88 Å². The average molecular weight is 659 g/mol.